The fourth-order valence-corrected chi connectivity index (χ4v) is 1.95. The van der Waals surface area contributed by atoms with Crippen molar-refractivity contribution in [3.63, 3.8) is 0 Å². The van der Waals surface area contributed by atoms with E-state index in [2.05, 4.69) is 31.1 Å². The zero-order valence-electron chi connectivity index (χ0n) is 10.4. The number of halogens is 4. The van der Waals surface area contributed by atoms with Gasteiger partial charge >= 0.3 is 6.36 Å². The topological polar surface area (TPSA) is 39.1 Å². The number of nitrogens with zero attached hydrogens (tertiary/aromatic N) is 2. The first-order valence-corrected chi connectivity index (χ1v) is 6.39. The van der Waals surface area contributed by atoms with E-state index in [0.717, 1.165) is 5.56 Å². The molecule has 0 radical (unpaired) electrons. The summed E-state index contributed by atoms with van der Waals surface area (Å²) in [4.78, 5) is 0. The first-order chi connectivity index (χ1) is 9.33. The van der Waals surface area contributed by atoms with Crippen LogP contribution >= 0.6 is 15.9 Å². The number of benzene rings is 1. The summed E-state index contributed by atoms with van der Waals surface area (Å²) >= 11 is 3.11. The molecule has 0 saturated carbocycles. The lowest BCUT2D eigenvalue weighted by Gasteiger charge is -2.14. The van der Waals surface area contributed by atoms with Crippen LogP contribution in [0.2, 0.25) is 0 Å². The Morgan fingerprint density at radius 2 is 2.15 bits per heavy atom. The van der Waals surface area contributed by atoms with Crippen molar-refractivity contribution in [2.75, 3.05) is 5.32 Å². The standard InChI is InChI=1S/C12H11BrF3N3O/c1-19-7-8(6-18-19)5-17-10-3-2-9(13)4-11(10)20-12(14,15)16/h2-4,6-7,17H,5H2,1H3. The molecule has 0 spiro atoms. The molecule has 0 aliphatic heterocycles. The van der Waals surface area contributed by atoms with Gasteiger partial charge in [0, 0.05) is 29.8 Å². The quantitative estimate of drug-likeness (QED) is 0.914. The summed E-state index contributed by atoms with van der Waals surface area (Å²) in [5.41, 5.74) is 1.11. The van der Waals surface area contributed by atoms with Crippen molar-refractivity contribution >= 4 is 21.6 Å². The lowest BCUT2D eigenvalue weighted by Crippen LogP contribution is -2.18. The Balaban J connectivity index is 2.14. The predicted molar refractivity (Wildman–Crippen MR) is 71.4 cm³/mol. The van der Waals surface area contributed by atoms with Crippen LogP contribution in [0, 0.1) is 0 Å². The molecule has 1 aromatic carbocycles. The highest BCUT2D eigenvalue weighted by atomic mass is 79.9. The van der Waals surface area contributed by atoms with E-state index >= 15 is 0 Å². The van der Waals surface area contributed by atoms with Crippen LogP contribution in [0.4, 0.5) is 18.9 Å². The predicted octanol–water partition coefficient (Wildman–Crippen LogP) is 3.69. The smallest absolute Gasteiger partial charge is 0.404 e. The van der Waals surface area contributed by atoms with E-state index in [1.165, 1.54) is 12.1 Å². The van der Waals surface area contributed by atoms with Gasteiger partial charge < -0.3 is 10.1 Å². The van der Waals surface area contributed by atoms with Gasteiger partial charge in [0.25, 0.3) is 0 Å². The van der Waals surface area contributed by atoms with Crippen molar-refractivity contribution in [1.29, 1.82) is 0 Å². The van der Waals surface area contributed by atoms with E-state index in [9.17, 15) is 13.2 Å². The molecule has 0 atom stereocenters. The van der Waals surface area contributed by atoms with E-state index < -0.39 is 6.36 Å². The van der Waals surface area contributed by atoms with Gasteiger partial charge in [0.15, 0.2) is 5.75 Å². The molecule has 1 N–H and O–H groups in total. The first kappa shape index (κ1) is 14.7. The van der Waals surface area contributed by atoms with Crippen LogP contribution in [0.1, 0.15) is 5.56 Å². The number of ether oxygens (including phenoxy) is 1. The Bertz CT molecular complexity index is 598. The molecule has 0 amide bonds. The van der Waals surface area contributed by atoms with Crippen molar-refractivity contribution in [2.45, 2.75) is 12.9 Å². The highest BCUT2D eigenvalue weighted by Crippen LogP contribution is 2.33. The highest BCUT2D eigenvalue weighted by molar-refractivity contribution is 9.10. The monoisotopic (exact) mass is 349 g/mol. The van der Waals surface area contributed by atoms with Crippen molar-refractivity contribution in [3.05, 3.63) is 40.6 Å². The summed E-state index contributed by atoms with van der Waals surface area (Å²) in [6.07, 6.45) is -1.32. The van der Waals surface area contributed by atoms with Crippen LogP contribution in [-0.4, -0.2) is 16.1 Å². The van der Waals surface area contributed by atoms with E-state index in [-0.39, 0.29) is 11.4 Å². The van der Waals surface area contributed by atoms with Gasteiger partial charge in [0.2, 0.25) is 0 Å². The van der Waals surface area contributed by atoms with Gasteiger partial charge in [-0.15, -0.1) is 13.2 Å². The lowest BCUT2D eigenvalue weighted by atomic mass is 10.2. The number of alkyl halides is 3. The summed E-state index contributed by atoms with van der Waals surface area (Å²) in [6.45, 7) is 0.351. The molecule has 0 saturated heterocycles. The third-order valence-electron chi connectivity index (χ3n) is 2.41. The zero-order valence-corrected chi connectivity index (χ0v) is 12.0. The van der Waals surface area contributed by atoms with Crippen LogP contribution in [0.15, 0.2) is 35.1 Å². The average Bonchev–Trinajstić information content (AvgIpc) is 2.72. The molecule has 108 valence electrons. The van der Waals surface area contributed by atoms with Gasteiger partial charge in [-0.05, 0) is 18.2 Å². The molecule has 0 bridgehead atoms. The Kier molecular flexibility index (Phi) is 4.22. The van der Waals surface area contributed by atoms with Gasteiger partial charge in [-0.25, -0.2) is 0 Å². The molecule has 20 heavy (non-hydrogen) atoms. The minimum Gasteiger partial charge on any atom is -0.404 e. The van der Waals surface area contributed by atoms with E-state index in [0.29, 0.717) is 11.0 Å². The fourth-order valence-electron chi connectivity index (χ4n) is 1.61. The van der Waals surface area contributed by atoms with Crippen LogP contribution in [0.25, 0.3) is 0 Å². The fraction of sp³-hybridized carbons (Fsp3) is 0.250. The number of anilines is 1. The Morgan fingerprint density at radius 3 is 2.75 bits per heavy atom. The van der Waals surface area contributed by atoms with Crippen molar-refractivity contribution < 1.29 is 17.9 Å². The number of aromatic nitrogens is 2. The first-order valence-electron chi connectivity index (χ1n) is 5.60. The minimum absolute atomic E-state index is 0.259. The second-order valence-electron chi connectivity index (χ2n) is 4.06. The Labute approximate surface area is 121 Å². The molecule has 1 aromatic heterocycles. The second kappa shape index (κ2) is 5.74. The number of hydrogen-bond donors (Lipinski definition) is 1. The summed E-state index contributed by atoms with van der Waals surface area (Å²) < 4.78 is 43.1. The zero-order chi connectivity index (χ0) is 14.8. The summed E-state index contributed by atoms with van der Waals surface area (Å²) in [7, 11) is 1.77. The summed E-state index contributed by atoms with van der Waals surface area (Å²) in [5, 5.41) is 6.88. The molecule has 0 aliphatic carbocycles. The van der Waals surface area contributed by atoms with Crippen molar-refractivity contribution in [1.82, 2.24) is 9.78 Å². The number of rotatable bonds is 4. The molecule has 8 heteroatoms. The maximum atomic E-state index is 12.3. The maximum absolute atomic E-state index is 12.3. The molecule has 0 fully saturated rings. The van der Waals surface area contributed by atoms with Gasteiger partial charge in [0.1, 0.15) is 0 Å². The van der Waals surface area contributed by atoms with E-state index in [4.69, 9.17) is 0 Å². The third-order valence-corrected chi connectivity index (χ3v) is 2.90. The SMILES string of the molecule is Cn1cc(CNc2ccc(Br)cc2OC(F)(F)F)cn1. The van der Waals surface area contributed by atoms with E-state index in [1.54, 1.807) is 30.2 Å². The molecule has 0 unspecified atom stereocenters. The summed E-state index contributed by atoms with van der Waals surface area (Å²) in [6, 6.07) is 4.41. The van der Waals surface area contributed by atoms with E-state index in [1.807, 2.05) is 0 Å². The van der Waals surface area contributed by atoms with Crippen LogP contribution in [-0.2, 0) is 13.6 Å². The van der Waals surface area contributed by atoms with Crippen LogP contribution < -0.4 is 10.1 Å². The normalized spacial score (nSPS) is 11.4. The molecule has 0 aliphatic rings. The second-order valence-corrected chi connectivity index (χ2v) is 4.98. The molecule has 2 aromatic rings. The van der Waals surface area contributed by atoms with Gasteiger partial charge in [-0.2, -0.15) is 5.10 Å². The largest absolute Gasteiger partial charge is 0.573 e. The number of aryl methyl sites for hydroxylation is 1. The van der Waals surface area contributed by atoms with Gasteiger partial charge in [-0.1, -0.05) is 15.9 Å². The highest BCUT2D eigenvalue weighted by Gasteiger charge is 2.32. The minimum atomic E-state index is -4.73. The van der Waals surface area contributed by atoms with Crippen molar-refractivity contribution in [2.24, 2.45) is 7.05 Å². The maximum Gasteiger partial charge on any atom is 0.573 e. The Hall–Kier alpha value is -1.70. The van der Waals surface area contributed by atoms with Crippen LogP contribution in [0.3, 0.4) is 0 Å². The van der Waals surface area contributed by atoms with Crippen LogP contribution in [0.5, 0.6) is 5.75 Å². The third kappa shape index (κ3) is 4.16. The molecule has 1 heterocycles. The van der Waals surface area contributed by atoms with Gasteiger partial charge in [0.05, 0.1) is 11.9 Å². The number of hydrogen-bond acceptors (Lipinski definition) is 3. The Morgan fingerprint density at radius 1 is 1.40 bits per heavy atom. The molecule has 2 rings (SSSR count). The van der Waals surface area contributed by atoms with Crippen molar-refractivity contribution in [3.8, 4) is 5.75 Å². The average molecular weight is 350 g/mol. The molecular weight excluding hydrogens is 339 g/mol. The molecular formula is C12H11BrF3N3O. The molecule has 4 nitrogen and oxygen atoms in total. The lowest BCUT2D eigenvalue weighted by molar-refractivity contribution is -0.274. The van der Waals surface area contributed by atoms with Gasteiger partial charge in [-0.3, -0.25) is 4.68 Å². The number of nitrogens with one attached hydrogen (secondary N) is 1. The summed E-state index contributed by atoms with van der Waals surface area (Å²) in [5.74, 6) is -0.282.